The van der Waals surface area contributed by atoms with Gasteiger partial charge in [-0.1, -0.05) is 0 Å². The molecule has 0 bridgehead atoms. The van der Waals surface area contributed by atoms with Gasteiger partial charge in [0.2, 0.25) is 0 Å². The minimum absolute atomic E-state index is 0.120. The van der Waals surface area contributed by atoms with Crippen LogP contribution in [0.3, 0.4) is 0 Å². The Labute approximate surface area is 93.3 Å². The third kappa shape index (κ3) is 1.96. The van der Waals surface area contributed by atoms with E-state index in [0.717, 1.165) is 0 Å². The van der Waals surface area contributed by atoms with Crippen LogP contribution in [0.1, 0.15) is 11.1 Å². The molecule has 0 atom stereocenters. The Morgan fingerprint density at radius 1 is 1.20 bits per heavy atom. The first-order valence-corrected chi connectivity index (χ1v) is 4.74. The summed E-state index contributed by atoms with van der Waals surface area (Å²) in [6.07, 6.45) is 0. The first kappa shape index (κ1) is 11.6. The monoisotopic (exact) mass is 274 g/mol. The van der Waals surface area contributed by atoms with Crippen LogP contribution in [-0.4, -0.2) is 9.85 Å². The Bertz CT molecular complexity index is 458. The molecule has 0 amide bonds. The van der Waals surface area contributed by atoms with Crippen molar-refractivity contribution in [2.45, 2.75) is 13.8 Å². The van der Waals surface area contributed by atoms with Gasteiger partial charge >= 0.3 is 0 Å². The molecular formula is C8H7BrN2O4. The fourth-order valence-corrected chi connectivity index (χ4v) is 1.92. The largest absolute Gasteiger partial charge is 0.287 e. The summed E-state index contributed by atoms with van der Waals surface area (Å²) in [4.78, 5) is 20.2. The molecule has 0 radical (unpaired) electrons. The Morgan fingerprint density at radius 3 is 2.13 bits per heavy atom. The second kappa shape index (κ2) is 3.93. The fourth-order valence-electron chi connectivity index (χ4n) is 1.26. The summed E-state index contributed by atoms with van der Waals surface area (Å²) < 4.78 is 0.166. The molecule has 1 aromatic rings. The Hall–Kier alpha value is -1.50. The van der Waals surface area contributed by atoms with Gasteiger partial charge in [-0.05, 0) is 29.8 Å². The molecule has 0 saturated carbocycles. The van der Waals surface area contributed by atoms with Crippen molar-refractivity contribution in [2.75, 3.05) is 0 Å². The zero-order valence-corrected chi connectivity index (χ0v) is 9.57. The summed E-state index contributed by atoms with van der Waals surface area (Å²) in [5, 5.41) is 21.3. The molecule has 15 heavy (non-hydrogen) atoms. The third-order valence-corrected chi connectivity index (χ3v) is 3.00. The molecule has 0 aliphatic rings. The number of hydrogen-bond acceptors (Lipinski definition) is 4. The van der Waals surface area contributed by atoms with Gasteiger partial charge < -0.3 is 0 Å². The van der Waals surface area contributed by atoms with Gasteiger partial charge in [-0.15, -0.1) is 0 Å². The first-order chi connectivity index (χ1) is 6.86. The summed E-state index contributed by atoms with van der Waals surface area (Å²) in [6.45, 7) is 2.93. The normalized spacial score (nSPS) is 10.1. The lowest BCUT2D eigenvalue weighted by atomic mass is 10.1. The highest BCUT2D eigenvalue weighted by Crippen LogP contribution is 2.36. The molecule has 80 valence electrons. The molecule has 1 rings (SSSR count). The van der Waals surface area contributed by atoms with Crippen molar-refractivity contribution >= 4 is 27.3 Å². The lowest BCUT2D eigenvalue weighted by molar-refractivity contribution is -0.390. The number of nitrogens with zero attached hydrogens (tertiary/aromatic N) is 2. The van der Waals surface area contributed by atoms with E-state index in [-0.39, 0.29) is 27.0 Å². The van der Waals surface area contributed by atoms with Crippen LogP contribution in [0.5, 0.6) is 0 Å². The highest BCUT2D eigenvalue weighted by molar-refractivity contribution is 9.10. The lowest BCUT2D eigenvalue weighted by Crippen LogP contribution is -1.99. The van der Waals surface area contributed by atoms with E-state index in [1.807, 2.05) is 0 Å². The second-order valence-electron chi connectivity index (χ2n) is 3.01. The lowest BCUT2D eigenvalue weighted by Gasteiger charge is -2.04. The number of hydrogen-bond donors (Lipinski definition) is 0. The van der Waals surface area contributed by atoms with Crippen LogP contribution >= 0.6 is 15.9 Å². The van der Waals surface area contributed by atoms with Gasteiger partial charge in [0, 0.05) is 17.2 Å². The fraction of sp³-hybridized carbons (Fsp3) is 0.250. The van der Waals surface area contributed by atoms with Crippen molar-refractivity contribution < 1.29 is 9.85 Å². The van der Waals surface area contributed by atoms with E-state index >= 15 is 0 Å². The maximum atomic E-state index is 10.7. The molecule has 0 aromatic heterocycles. The zero-order valence-electron chi connectivity index (χ0n) is 7.98. The summed E-state index contributed by atoms with van der Waals surface area (Å²) in [6, 6.07) is 1.21. The molecule has 0 aliphatic heterocycles. The summed E-state index contributed by atoms with van der Waals surface area (Å²) in [5.74, 6) is 0. The van der Waals surface area contributed by atoms with Gasteiger partial charge in [0.15, 0.2) is 0 Å². The SMILES string of the molecule is Cc1cc([N+](=O)[O-])c(C)c(Br)c1[N+](=O)[O-]. The van der Waals surface area contributed by atoms with Crippen LogP contribution < -0.4 is 0 Å². The summed E-state index contributed by atoms with van der Waals surface area (Å²) in [5.41, 5.74) is 0.282. The minimum atomic E-state index is -0.559. The van der Waals surface area contributed by atoms with Crippen molar-refractivity contribution in [3.63, 3.8) is 0 Å². The van der Waals surface area contributed by atoms with Crippen LogP contribution in [0.25, 0.3) is 0 Å². The molecule has 7 heteroatoms. The molecular weight excluding hydrogens is 268 g/mol. The Morgan fingerprint density at radius 2 is 1.73 bits per heavy atom. The maximum absolute atomic E-state index is 10.7. The van der Waals surface area contributed by atoms with Crippen LogP contribution in [0.15, 0.2) is 10.5 Å². The highest BCUT2D eigenvalue weighted by Gasteiger charge is 2.25. The van der Waals surface area contributed by atoms with E-state index in [2.05, 4.69) is 15.9 Å². The van der Waals surface area contributed by atoms with Crippen molar-refractivity contribution in [3.05, 3.63) is 41.9 Å². The predicted octanol–water partition coefficient (Wildman–Crippen LogP) is 2.88. The molecule has 0 spiro atoms. The van der Waals surface area contributed by atoms with Crippen LogP contribution in [-0.2, 0) is 0 Å². The van der Waals surface area contributed by atoms with Crippen LogP contribution in [0, 0.1) is 34.1 Å². The zero-order chi connectivity index (χ0) is 11.7. The Kier molecular flexibility index (Phi) is 3.04. The molecule has 0 fully saturated rings. The smallest absolute Gasteiger partial charge is 0.258 e. The average molecular weight is 275 g/mol. The molecule has 1 aromatic carbocycles. The van der Waals surface area contributed by atoms with E-state index in [1.54, 1.807) is 0 Å². The second-order valence-corrected chi connectivity index (χ2v) is 3.81. The molecule has 6 nitrogen and oxygen atoms in total. The molecule has 0 heterocycles. The van der Waals surface area contributed by atoms with Crippen molar-refractivity contribution in [2.24, 2.45) is 0 Å². The number of nitro benzene ring substituents is 2. The molecule has 0 unspecified atom stereocenters. The number of rotatable bonds is 2. The van der Waals surface area contributed by atoms with E-state index < -0.39 is 9.85 Å². The predicted molar refractivity (Wildman–Crippen MR) is 56.9 cm³/mol. The topological polar surface area (TPSA) is 86.3 Å². The van der Waals surface area contributed by atoms with Crippen molar-refractivity contribution in [3.8, 4) is 0 Å². The number of halogens is 1. The maximum Gasteiger partial charge on any atom is 0.287 e. The van der Waals surface area contributed by atoms with Gasteiger partial charge in [-0.25, -0.2) is 0 Å². The number of benzene rings is 1. The van der Waals surface area contributed by atoms with E-state index in [9.17, 15) is 20.2 Å². The number of aryl methyl sites for hydroxylation is 1. The van der Waals surface area contributed by atoms with Gasteiger partial charge in [0.05, 0.1) is 9.85 Å². The standard InChI is InChI=1S/C8H7BrN2O4/c1-4-3-6(10(12)13)5(2)7(9)8(4)11(14)15/h3H,1-2H3. The quantitative estimate of drug-likeness (QED) is 0.613. The van der Waals surface area contributed by atoms with Crippen LogP contribution in [0.4, 0.5) is 11.4 Å². The van der Waals surface area contributed by atoms with E-state index in [1.165, 1.54) is 19.9 Å². The highest BCUT2D eigenvalue weighted by atomic mass is 79.9. The van der Waals surface area contributed by atoms with Gasteiger partial charge in [-0.2, -0.15) is 0 Å². The van der Waals surface area contributed by atoms with Crippen LogP contribution in [0.2, 0.25) is 0 Å². The van der Waals surface area contributed by atoms with Gasteiger partial charge in [-0.3, -0.25) is 20.2 Å². The number of nitro groups is 2. The van der Waals surface area contributed by atoms with Gasteiger partial charge in [0.25, 0.3) is 11.4 Å². The average Bonchev–Trinajstić information content (AvgIpc) is 2.10. The molecule has 0 N–H and O–H groups in total. The summed E-state index contributed by atoms with van der Waals surface area (Å²) >= 11 is 3.00. The molecule has 0 saturated heterocycles. The third-order valence-electron chi connectivity index (χ3n) is 2.03. The molecule has 0 aliphatic carbocycles. The van der Waals surface area contributed by atoms with Crippen molar-refractivity contribution in [1.82, 2.24) is 0 Å². The summed E-state index contributed by atoms with van der Waals surface area (Å²) in [7, 11) is 0. The van der Waals surface area contributed by atoms with Gasteiger partial charge in [0.1, 0.15) is 4.47 Å². The van der Waals surface area contributed by atoms with E-state index in [4.69, 9.17) is 0 Å². The van der Waals surface area contributed by atoms with E-state index in [0.29, 0.717) is 0 Å². The van der Waals surface area contributed by atoms with Crippen molar-refractivity contribution in [1.29, 1.82) is 0 Å². The first-order valence-electron chi connectivity index (χ1n) is 3.94. The minimum Gasteiger partial charge on any atom is -0.258 e. The Balaban J connectivity index is 3.58.